The number of hydrogen-bond donors (Lipinski definition) is 2. The molecule has 0 bridgehead atoms. The maximum Gasteiger partial charge on any atom is 0.0936 e. The Bertz CT molecular complexity index is 255. The predicted molar refractivity (Wildman–Crippen MR) is 67.4 cm³/mol. The van der Waals surface area contributed by atoms with Crippen LogP contribution in [0.25, 0.3) is 0 Å². The highest BCUT2D eigenvalue weighted by Gasteiger charge is 2.36. The Labute approximate surface area is 109 Å². The fourth-order valence-corrected chi connectivity index (χ4v) is 3.05. The van der Waals surface area contributed by atoms with Gasteiger partial charge in [0.05, 0.1) is 32.0 Å². The first kappa shape index (κ1) is 14.2. The molecular formula is C13H25NO4. The normalized spacial score (nSPS) is 38.8. The molecule has 106 valence electrons. The van der Waals surface area contributed by atoms with Crippen molar-refractivity contribution >= 4 is 0 Å². The molecule has 2 aliphatic rings. The molecule has 0 saturated carbocycles. The van der Waals surface area contributed by atoms with E-state index in [-0.39, 0.29) is 30.8 Å². The molecule has 0 amide bonds. The third-order valence-corrected chi connectivity index (χ3v) is 3.90. The van der Waals surface area contributed by atoms with Crippen molar-refractivity contribution in [3.63, 3.8) is 0 Å². The van der Waals surface area contributed by atoms with Crippen LogP contribution in [0, 0.1) is 5.41 Å². The van der Waals surface area contributed by atoms with E-state index in [9.17, 15) is 10.2 Å². The summed E-state index contributed by atoms with van der Waals surface area (Å²) in [5, 5.41) is 18.9. The summed E-state index contributed by atoms with van der Waals surface area (Å²) in [4.78, 5) is 2.29. The zero-order valence-corrected chi connectivity index (χ0v) is 11.2. The van der Waals surface area contributed by atoms with Gasteiger partial charge in [-0.1, -0.05) is 0 Å². The van der Waals surface area contributed by atoms with E-state index in [1.54, 1.807) is 0 Å². The number of rotatable bonds is 4. The van der Waals surface area contributed by atoms with Crippen molar-refractivity contribution in [3.8, 4) is 0 Å². The number of ether oxygens (including phenoxy) is 2. The van der Waals surface area contributed by atoms with Crippen molar-refractivity contribution in [1.82, 2.24) is 4.90 Å². The molecule has 2 rings (SSSR count). The molecule has 0 aromatic carbocycles. The van der Waals surface area contributed by atoms with Gasteiger partial charge in [0, 0.05) is 31.7 Å². The van der Waals surface area contributed by atoms with Gasteiger partial charge in [-0.2, -0.15) is 0 Å². The molecule has 0 aromatic rings. The van der Waals surface area contributed by atoms with E-state index in [0.29, 0.717) is 6.61 Å². The molecule has 0 spiro atoms. The zero-order chi connectivity index (χ0) is 13.0. The minimum Gasteiger partial charge on any atom is -0.396 e. The second-order valence-corrected chi connectivity index (χ2v) is 5.76. The second kappa shape index (κ2) is 6.30. The quantitative estimate of drug-likeness (QED) is 0.735. The Morgan fingerprint density at radius 2 is 2.17 bits per heavy atom. The SMILES string of the molecule is CC1CN(CC2(CO)CCCOC2)CC(CO)O1. The van der Waals surface area contributed by atoms with Crippen LogP contribution in [0.15, 0.2) is 0 Å². The highest BCUT2D eigenvalue weighted by molar-refractivity contribution is 4.87. The molecule has 5 heteroatoms. The molecular weight excluding hydrogens is 234 g/mol. The Balaban J connectivity index is 1.93. The summed E-state index contributed by atoms with van der Waals surface area (Å²) >= 11 is 0. The average molecular weight is 259 g/mol. The fourth-order valence-electron chi connectivity index (χ4n) is 3.05. The van der Waals surface area contributed by atoms with Crippen molar-refractivity contribution in [1.29, 1.82) is 0 Å². The van der Waals surface area contributed by atoms with Crippen LogP contribution in [-0.2, 0) is 9.47 Å². The second-order valence-electron chi connectivity index (χ2n) is 5.76. The molecule has 18 heavy (non-hydrogen) atoms. The first-order chi connectivity index (χ1) is 8.67. The van der Waals surface area contributed by atoms with Crippen LogP contribution < -0.4 is 0 Å². The third kappa shape index (κ3) is 3.42. The van der Waals surface area contributed by atoms with Gasteiger partial charge in [-0.3, -0.25) is 4.90 Å². The highest BCUT2D eigenvalue weighted by Crippen LogP contribution is 2.30. The van der Waals surface area contributed by atoms with Gasteiger partial charge in [0.15, 0.2) is 0 Å². The summed E-state index contributed by atoms with van der Waals surface area (Å²) in [6.45, 7) is 6.12. The summed E-state index contributed by atoms with van der Waals surface area (Å²) in [6, 6.07) is 0. The standard InChI is InChI=1S/C13H25NO4/c1-11-5-14(6-12(7-15)18-11)8-13(9-16)3-2-4-17-10-13/h11-12,15-16H,2-10H2,1H3. The molecule has 0 aliphatic carbocycles. The van der Waals surface area contributed by atoms with E-state index in [0.717, 1.165) is 39.1 Å². The van der Waals surface area contributed by atoms with Gasteiger partial charge in [0.2, 0.25) is 0 Å². The van der Waals surface area contributed by atoms with Crippen LogP contribution in [0.1, 0.15) is 19.8 Å². The summed E-state index contributed by atoms with van der Waals surface area (Å²) in [5.74, 6) is 0. The van der Waals surface area contributed by atoms with Gasteiger partial charge in [-0.05, 0) is 19.8 Å². The minimum atomic E-state index is -0.130. The number of nitrogens with zero attached hydrogens (tertiary/aromatic N) is 1. The molecule has 0 radical (unpaired) electrons. The number of morpholine rings is 1. The summed E-state index contributed by atoms with van der Waals surface area (Å²) in [6.07, 6.45) is 2.06. The molecule has 0 aromatic heterocycles. The highest BCUT2D eigenvalue weighted by atomic mass is 16.5. The number of aliphatic hydroxyl groups is 2. The lowest BCUT2D eigenvalue weighted by molar-refractivity contribution is -0.119. The molecule has 2 fully saturated rings. The molecule has 2 saturated heterocycles. The molecule has 2 N–H and O–H groups in total. The Morgan fingerprint density at radius 3 is 2.78 bits per heavy atom. The van der Waals surface area contributed by atoms with E-state index < -0.39 is 0 Å². The van der Waals surface area contributed by atoms with Crippen LogP contribution >= 0.6 is 0 Å². The van der Waals surface area contributed by atoms with Crippen molar-refractivity contribution in [2.45, 2.75) is 32.0 Å². The summed E-state index contributed by atoms with van der Waals surface area (Å²) < 4.78 is 11.2. The molecule has 3 unspecified atom stereocenters. The summed E-state index contributed by atoms with van der Waals surface area (Å²) in [5.41, 5.74) is -0.130. The van der Waals surface area contributed by atoms with Crippen molar-refractivity contribution in [3.05, 3.63) is 0 Å². The molecule has 3 atom stereocenters. The maximum atomic E-state index is 9.67. The van der Waals surface area contributed by atoms with E-state index in [1.165, 1.54) is 0 Å². The van der Waals surface area contributed by atoms with Crippen LogP contribution in [-0.4, -0.2) is 73.4 Å². The van der Waals surface area contributed by atoms with E-state index in [2.05, 4.69) is 4.90 Å². The fraction of sp³-hybridized carbons (Fsp3) is 1.00. The van der Waals surface area contributed by atoms with Gasteiger partial charge < -0.3 is 19.7 Å². The molecule has 5 nitrogen and oxygen atoms in total. The smallest absolute Gasteiger partial charge is 0.0936 e. The first-order valence-corrected chi connectivity index (χ1v) is 6.85. The van der Waals surface area contributed by atoms with Gasteiger partial charge in [0.1, 0.15) is 0 Å². The largest absolute Gasteiger partial charge is 0.396 e. The maximum absolute atomic E-state index is 9.67. The van der Waals surface area contributed by atoms with Gasteiger partial charge in [-0.25, -0.2) is 0 Å². The van der Waals surface area contributed by atoms with Gasteiger partial charge in [-0.15, -0.1) is 0 Å². The minimum absolute atomic E-state index is 0.0590. The monoisotopic (exact) mass is 259 g/mol. The zero-order valence-electron chi connectivity index (χ0n) is 11.2. The van der Waals surface area contributed by atoms with Crippen LogP contribution in [0.3, 0.4) is 0 Å². The Hall–Kier alpha value is -0.200. The van der Waals surface area contributed by atoms with Crippen LogP contribution in [0.2, 0.25) is 0 Å². The first-order valence-electron chi connectivity index (χ1n) is 6.85. The van der Waals surface area contributed by atoms with Gasteiger partial charge >= 0.3 is 0 Å². The van der Waals surface area contributed by atoms with E-state index in [1.807, 2.05) is 6.92 Å². The van der Waals surface area contributed by atoms with Crippen molar-refractivity contribution < 1.29 is 19.7 Å². The van der Waals surface area contributed by atoms with Crippen LogP contribution in [0.4, 0.5) is 0 Å². The number of aliphatic hydroxyl groups excluding tert-OH is 2. The third-order valence-electron chi connectivity index (χ3n) is 3.90. The topological polar surface area (TPSA) is 62.2 Å². The molecule has 2 heterocycles. The lowest BCUT2D eigenvalue weighted by atomic mass is 9.82. The predicted octanol–water partition coefficient (Wildman–Crippen LogP) is -0.143. The molecule has 2 aliphatic heterocycles. The Morgan fingerprint density at radius 1 is 1.33 bits per heavy atom. The van der Waals surface area contributed by atoms with E-state index >= 15 is 0 Å². The average Bonchev–Trinajstić information content (AvgIpc) is 2.39. The van der Waals surface area contributed by atoms with Crippen molar-refractivity contribution in [2.24, 2.45) is 5.41 Å². The van der Waals surface area contributed by atoms with E-state index in [4.69, 9.17) is 9.47 Å². The lowest BCUT2D eigenvalue weighted by Crippen LogP contribution is -2.53. The van der Waals surface area contributed by atoms with Crippen LogP contribution in [0.5, 0.6) is 0 Å². The Kier molecular flexibility index (Phi) is 4.98. The summed E-state index contributed by atoms with van der Waals surface area (Å²) in [7, 11) is 0. The number of hydrogen-bond acceptors (Lipinski definition) is 5. The van der Waals surface area contributed by atoms with Gasteiger partial charge in [0.25, 0.3) is 0 Å². The lowest BCUT2D eigenvalue weighted by Gasteiger charge is -2.43. The van der Waals surface area contributed by atoms with Crippen molar-refractivity contribution in [2.75, 3.05) is 46.1 Å².